The van der Waals surface area contributed by atoms with Crippen molar-refractivity contribution in [3.05, 3.63) is 48.0 Å². The fourth-order valence-electron chi connectivity index (χ4n) is 2.98. The Hall–Kier alpha value is -5.28. The number of alkyl carbamates (subject to hydrolysis) is 1. The fourth-order valence-corrected chi connectivity index (χ4v) is 2.98. The summed E-state index contributed by atoms with van der Waals surface area (Å²) < 4.78 is 5.03. The van der Waals surface area contributed by atoms with Crippen LogP contribution in [0.1, 0.15) is 32.3 Å². The largest absolute Gasteiger partial charge is 0.445 e. The summed E-state index contributed by atoms with van der Waals surface area (Å²) in [5.41, 5.74) is 7.92. The molecule has 0 radical (unpaired) electrons. The van der Waals surface area contributed by atoms with Gasteiger partial charge < -0.3 is 25.9 Å². The zero-order valence-electron chi connectivity index (χ0n) is 21.6. The number of hydrogen-bond acceptors (Lipinski definition) is 10. The lowest BCUT2D eigenvalue weighted by molar-refractivity contribution is -0.193. The number of nitrogens with two attached hydrogens (primary N) is 1. The molecule has 0 bridgehead atoms. The molecule has 1 aliphatic heterocycles. The van der Waals surface area contributed by atoms with Gasteiger partial charge in [-0.25, -0.2) is 14.6 Å². The molecule has 214 valence electrons. The number of primary amides is 1. The Labute approximate surface area is 227 Å². The first-order valence-electron chi connectivity index (χ1n) is 11.8. The predicted octanol–water partition coefficient (Wildman–Crippen LogP) is -1.69. The van der Waals surface area contributed by atoms with Gasteiger partial charge in [-0.15, -0.1) is 5.06 Å². The molecule has 0 aliphatic carbocycles. The van der Waals surface area contributed by atoms with Gasteiger partial charge in [0.1, 0.15) is 25.2 Å². The van der Waals surface area contributed by atoms with Gasteiger partial charge in [0, 0.05) is 25.0 Å². The third-order valence-electron chi connectivity index (χ3n) is 5.07. The van der Waals surface area contributed by atoms with Gasteiger partial charge in [0.25, 0.3) is 23.6 Å². The first-order valence-corrected chi connectivity index (χ1v) is 11.8. The number of nitrogens with one attached hydrogen (secondary N) is 3. The summed E-state index contributed by atoms with van der Waals surface area (Å²) >= 11 is 0. The molecule has 1 saturated heterocycles. The van der Waals surface area contributed by atoms with Crippen LogP contribution in [0.4, 0.5) is 4.79 Å². The van der Waals surface area contributed by atoms with E-state index in [1.54, 1.807) is 30.3 Å². The molecule has 1 fully saturated rings. The van der Waals surface area contributed by atoms with Crippen LogP contribution in [0.2, 0.25) is 0 Å². The molecule has 0 saturated carbocycles. The Morgan fingerprint density at radius 1 is 0.950 bits per heavy atom. The van der Waals surface area contributed by atoms with Crippen LogP contribution >= 0.6 is 0 Å². The maximum absolute atomic E-state index is 12.5. The minimum atomic E-state index is -1.26. The van der Waals surface area contributed by atoms with E-state index in [4.69, 9.17) is 10.5 Å². The summed E-state index contributed by atoms with van der Waals surface area (Å²) in [6.07, 6.45) is 0.0408. The molecule has 1 aromatic rings. The Morgan fingerprint density at radius 2 is 1.55 bits per heavy atom. The number of hydroxylamine groups is 2. The fraction of sp³-hybridized carbons (Fsp3) is 0.333. The Morgan fingerprint density at radius 3 is 2.15 bits per heavy atom. The van der Waals surface area contributed by atoms with Crippen molar-refractivity contribution in [1.29, 1.82) is 0 Å². The number of ether oxygens (including phenoxy) is 1. The number of amides is 7. The van der Waals surface area contributed by atoms with Gasteiger partial charge in [-0.3, -0.25) is 34.2 Å². The smallest absolute Gasteiger partial charge is 0.408 e. The van der Waals surface area contributed by atoms with Crippen molar-refractivity contribution < 1.29 is 47.9 Å². The van der Waals surface area contributed by atoms with E-state index in [-0.39, 0.29) is 24.5 Å². The molecule has 0 spiro atoms. The average Bonchev–Trinajstić information content (AvgIpc) is 3.22. The second-order valence-electron chi connectivity index (χ2n) is 8.35. The van der Waals surface area contributed by atoms with E-state index in [1.807, 2.05) is 0 Å². The highest BCUT2D eigenvalue weighted by atomic mass is 16.7. The van der Waals surface area contributed by atoms with E-state index in [9.17, 15) is 38.4 Å². The topological polar surface area (TPSA) is 224 Å². The van der Waals surface area contributed by atoms with Crippen molar-refractivity contribution >= 4 is 47.5 Å². The lowest BCUT2D eigenvalue weighted by Crippen LogP contribution is -2.56. The number of carbonyl (C=O) groups is 8. The van der Waals surface area contributed by atoms with E-state index in [0.717, 1.165) is 5.56 Å². The van der Waals surface area contributed by atoms with Crippen molar-refractivity contribution in [2.45, 2.75) is 45.4 Å². The lowest BCUT2D eigenvalue weighted by atomic mass is 10.2. The Kier molecular flexibility index (Phi) is 11.3. The summed E-state index contributed by atoms with van der Waals surface area (Å²) in [5, 5.41) is 5.36. The Balaban J connectivity index is 1.87. The molecule has 1 aromatic carbocycles. The molecule has 16 nitrogen and oxygen atoms in total. The number of rotatable bonds is 11. The van der Waals surface area contributed by atoms with Gasteiger partial charge in [0.15, 0.2) is 0 Å². The van der Waals surface area contributed by atoms with Crippen molar-refractivity contribution in [1.82, 2.24) is 26.1 Å². The number of benzene rings is 1. The summed E-state index contributed by atoms with van der Waals surface area (Å²) in [7, 11) is 0. The van der Waals surface area contributed by atoms with Crippen LogP contribution < -0.4 is 21.8 Å². The first-order chi connectivity index (χ1) is 18.9. The molecule has 16 heteroatoms. The van der Waals surface area contributed by atoms with Gasteiger partial charge in [-0.05, 0) is 19.4 Å². The van der Waals surface area contributed by atoms with Gasteiger partial charge in [-0.1, -0.05) is 30.3 Å². The van der Waals surface area contributed by atoms with E-state index in [0.29, 0.717) is 17.2 Å². The molecule has 5 N–H and O–H groups in total. The van der Waals surface area contributed by atoms with Crippen molar-refractivity contribution in [3.8, 4) is 0 Å². The SMILES string of the molecule is C[C@H](NC(=O)OCc1ccccc1)C(=O)N[C@@H](C)C(=O)NN(CC(N)=O)C(=O)/C=C\C(=O)ON1C(=O)CCC1=O. The van der Waals surface area contributed by atoms with Crippen LogP contribution in [0.15, 0.2) is 42.5 Å². The summed E-state index contributed by atoms with van der Waals surface area (Å²) in [6.45, 7) is 1.78. The molecule has 40 heavy (non-hydrogen) atoms. The molecular weight excluding hydrogens is 532 g/mol. The van der Waals surface area contributed by atoms with E-state index in [2.05, 4.69) is 20.9 Å². The summed E-state index contributed by atoms with van der Waals surface area (Å²) in [5.74, 6) is -6.55. The highest BCUT2D eigenvalue weighted by Gasteiger charge is 2.32. The molecule has 7 amide bonds. The van der Waals surface area contributed by atoms with Gasteiger partial charge >= 0.3 is 12.1 Å². The number of imide groups is 1. The maximum atomic E-state index is 12.5. The Bertz CT molecular complexity index is 1190. The lowest BCUT2D eigenvalue weighted by Gasteiger charge is -2.24. The first kappa shape index (κ1) is 30.9. The predicted molar refractivity (Wildman–Crippen MR) is 132 cm³/mol. The molecule has 0 aromatic heterocycles. The van der Waals surface area contributed by atoms with E-state index < -0.39 is 66.1 Å². The van der Waals surface area contributed by atoms with Crippen LogP contribution in [-0.4, -0.2) is 76.2 Å². The van der Waals surface area contributed by atoms with Crippen molar-refractivity contribution in [3.63, 3.8) is 0 Å². The molecule has 2 rings (SSSR count). The standard InChI is InChI=1S/C24H28N6O10/c1-14(27-24(38)39-13-16-6-4-3-5-7-16)22(36)26-15(2)23(37)28-29(12-17(25)31)18(32)10-11-21(35)40-30-19(33)8-9-20(30)34/h3-7,10-11,14-15H,8-9,12-13H2,1-2H3,(H2,25,31)(H,26,36)(H,27,38)(H,28,37)/b11-10-/t14-,15-/m0/s1. The average molecular weight is 561 g/mol. The van der Waals surface area contributed by atoms with Gasteiger partial charge in [-0.2, -0.15) is 0 Å². The number of nitrogens with zero attached hydrogens (tertiary/aromatic N) is 2. The van der Waals surface area contributed by atoms with Crippen LogP contribution in [-0.2, 0) is 49.7 Å². The van der Waals surface area contributed by atoms with E-state index in [1.165, 1.54) is 13.8 Å². The van der Waals surface area contributed by atoms with Crippen LogP contribution in [0.5, 0.6) is 0 Å². The van der Waals surface area contributed by atoms with Gasteiger partial charge in [0.05, 0.1) is 0 Å². The quantitative estimate of drug-likeness (QED) is 0.137. The van der Waals surface area contributed by atoms with Gasteiger partial charge in [0.2, 0.25) is 11.8 Å². The number of carbonyl (C=O) groups excluding carboxylic acids is 8. The van der Waals surface area contributed by atoms with Crippen LogP contribution in [0.3, 0.4) is 0 Å². The molecule has 1 aliphatic rings. The second-order valence-corrected chi connectivity index (χ2v) is 8.35. The second kappa shape index (κ2) is 14.6. The van der Waals surface area contributed by atoms with Crippen LogP contribution in [0.25, 0.3) is 0 Å². The van der Waals surface area contributed by atoms with E-state index >= 15 is 0 Å². The van der Waals surface area contributed by atoms with Crippen molar-refractivity contribution in [2.24, 2.45) is 5.73 Å². The summed E-state index contributed by atoms with van der Waals surface area (Å²) in [4.78, 5) is 100. The normalized spacial score (nSPS) is 14.2. The minimum absolute atomic E-state index is 0.0236. The third kappa shape index (κ3) is 9.88. The zero-order valence-corrected chi connectivity index (χ0v) is 21.6. The highest BCUT2D eigenvalue weighted by molar-refractivity contribution is 6.03. The molecule has 2 atom stereocenters. The zero-order chi connectivity index (χ0) is 29.8. The monoisotopic (exact) mass is 560 g/mol. The minimum Gasteiger partial charge on any atom is -0.445 e. The number of hydrazine groups is 1. The molecular formula is C24H28N6O10. The summed E-state index contributed by atoms with van der Waals surface area (Å²) in [6, 6.07) is 6.46. The molecule has 0 unspecified atom stereocenters. The third-order valence-corrected chi connectivity index (χ3v) is 5.07. The van der Waals surface area contributed by atoms with Crippen molar-refractivity contribution in [2.75, 3.05) is 6.54 Å². The highest BCUT2D eigenvalue weighted by Crippen LogP contribution is 2.12. The molecule has 1 heterocycles. The number of hydrogen-bond donors (Lipinski definition) is 4. The van der Waals surface area contributed by atoms with Crippen LogP contribution in [0, 0.1) is 0 Å². The maximum Gasteiger partial charge on any atom is 0.408 e.